The van der Waals surface area contributed by atoms with Crippen LogP contribution in [-0.4, -0.2) is 39.4 Å². The van der Waals surface area contributed by atoms with E-state index in [1.54, 1.807) is 42.1 Å². The molecule has 206 valence electrons. The van der Waals surface area contributed by atoms with Crippen LogP contribution in [0.2, 0.25) is 5.02 Å². The molecule has 2 N–H and O–H groups in total. The van der Waals surface area contributed by atoms with E-state index < -0.39 is 21.6 Å². The Kier molecular flexibility index (Phi) is 7.45. The number of hydrogen-bond donors (Lipinski definition) is 2. The van der Waals surface area contributed by atoms with Gasteiger partial charge in [-0.2, -0.15) is 5.10 Å². The van der Waals surface area contributed by atoms with E-state index in [4.69, 9.17) is 11.6 Å². The van der Waals surface area contributed by atoms with Crippen LogP contribution >= 0.6 is 11.6 Å². The molecule has 2 unspecified atom stereocenters. The molecule has 2 atom stereocenters. The number of fused-ring (bicyclic) bond motifs is 1. The van der Waals surface area contributed by atoms with Crippen molar-refractivity contribution < 1.29 is 9.35 Å². The first-order valence-electron chi connectivity index (χ1n) is 12.6. The van der Waals surface area contributed by atoms with Crippen molar-refractivity contribution in [3.8, 4) is 22.6 Å². The molecule has 1 amide bonds. The average Bonchev–Trinajstić information content (AvgIpc) is 3.55. The summed E-state index contributed by atoms with van der Waals surface area (Å²) in [6.45, 7) is 7.27. The maximum atomic E-state index is 13.7. The third-order valence-corrected chi connectivity index (χ3v) is 8.53. The highest BCUT2D eigenvalue weighted by Crippen LogP contribution is 2.30. The molecule has 5 aromatic rings. The Labute approximate surface area is 240 Å². The summed E-state index contributed by atoms with van der Waals surface area (Å²) in [6.07, 6.45) is 5.27. The van der Waals surface area contributed by atoms with Crippen molar-refractivity contribution in [3.05, 3.63) is 90.0 Å². The van der Waals surface area contributed by atoms with Crippen LogP contribution in [0.1, 0.15) is 33.3 Å². The maximum absolute atomic E-state index is 13.7. The van der Waals surface area contributed by atoms with E-state index in [-0.39, 0.29) is 5.91 Å². The van der Waals surface area contributed by atoms with E-state index in [2.05, 4.69) is 25.1 Å². The number of nitrogens with zero attached hydrogens (tertiary/aromatic N) is 5. The Morgan fingerprint density at radius 1 is 0.950 bits per heavy atom. The number of aryl methyl sites for hydroxylation is 1. The number of amides is 1. The summed E-state index contributed by atoms with van der Waals surface area (Å²) >= 11 is 4.58. The van der Waals surface area contributed by atoms with Gasteiger partial charge in [-0.25, -0.2) is 9.97 Å². The molecule has 5 rings (SSSR count). The molecule has 3 aromatic heterocycles. The van der Waals surface area contributed by atoms with Crippen LogP contribution in [0, 0.1) is 0 Å². The molecule has 0 fully saturated rings. The standard InChI is InChI=1S/C29H30ClN7O2S/c1-28(2,3)40(39)35-29(4,21-8-10-22(30)11-9-21)27(38)34-23-12-6-19(7-13-23)26-32-18-31-25-15-14-24(37(25)26)20-16-33-36(5)17-20/h6-18,35H,1-5H3,(H,34,38). The summed E-state index contributed by atoms with van der Waals surface area (Å²) in [5.74, 6) is 0.355. The van der Waals surface area contributed by atoms with Crippen LogP contribution in [0.25, 0.3) is 28.3 Å². The number of carbonyl (C=O) groups is 1. The SMILES string of the molecule is Cn1cc(-c2ccc3ncnc(-c4ccc(NC(=O)C(C)(N[S+]([O-])C(C)(C)C)c5ccc(Cl)cc5)cc4)n23)cn1. The van der Waals surface area contributed by atoms with Crippen molar-refractivity contribution in [2.24, 2.45) is 7.05 Å². The lowest BCUT2D eigenvalue weighted by Gasteiger charge is -2.34. The fourth-order valence-electron chi connectivity index (χ4n) is 4.25. The van der Waals surface area contributed by atoms with Gasteiger partial charge in [0, 0.05) is 46.4 Å². The maximum Gasteiger partial charge on any atom is 0.253 e. The first kappa shape index (κ1) is 27.9. The second-order valence-electron chi connectivity index (χ2n) is 10.7. The number of anilines is 1. The van der Waals surface area contributed by atoms with E-state index in [0.29, 0.717) is 22.1 Å². The van der Waals surface area contributed by atoms with E-state index in [0.717, 1.165) is 22.5 Å². The van der Waals surface area contributed by atoms with E-state index in [1.165, 1.54) is 6.33 Å². The van der Waals surface area contributed by atoms with Crippen molar-refractivity contribution in [2.45, 2.75) is 38.0 Å². The molecule has 0 aliphatic carbocycles. The van der Waals surface area contributed by atoms with Gasteiger partial charge in [0.25, 0.3) is 5.91 Å². The highest BCUT2D eigenvalue weighted by atomic mass is 35.5. The Balaban J connectivity index is 1.45. The second-order valence-corrected chi connectivity index (χ2v) is 13.1. The van der Waals surface area contributed by atoms with Crippen LogP contribution in [-0.2, 0) is 28.7 Å². The monoisotopic (exact) mass is 575 g/mol. The predicted molar refractivity (Wildman–Crippen MR) is 159 cm³/mol. The molecular formula is C29H30ClN7O2S. The topological polar surface area (TPSA) is 112 Å². The minimum Gasteiger partial charge on any atom is -0.598 e. The summed E-state index contributed by atoms with van der Waals surface area (Å²) in [4.78, 5) is 22.7. The molecule has 0 aliphatic rings. The largest absolute Gasteiger partial charge is 0.598 e. The summed E-state index contributed by atoms with van der Waals surface area (Å²) in [7, 11) is 1.87. The third-order valence-electron chi connectivity index (χ3n) is 6.57. The highest BCUT2D eigenvalue weighted by Gasteiger charge is 2.43. The van der Waals surface area contributed by atoms with Crippen LogP contribution < -0.4 is 10.0 Å². The summed E-state index contributed by atoms with van der Waals surface area (Å²) < 4.78 is 19.3. The van der Waals surface area contributed by atoms with E-state index >= 15 is 0 Å². The minimum absolute atomic E-state index is 0.353. The van der Waals surface area contributed by atoms with Crippen LogP contribution in [0.5, 0.6) is 0 Å². The fourth-order valence-corrected chi connectivity index (χ4v) is 5.26. The highest BCUT2D eigenvalue weighted by molar-refractivity contribution is 7.90. The lowest BCUT2D eigenvalue weighted by Crippen LogP contribution is -2.55. The number of halogens is 1. The Bertz CT molecular complexity index is 1660. The zero-order valence-corrected chi connectivity index (χ0v) is 24.4. The Morgan fingerprint density at radius 2 is 1.65 bits per heavy atom. The number of rotatable bonds is 7. The number of nitrogens with one attached hydrogen (secondary N) is 2. The lowest BCUT2D eigenvalue weighted by molar-refractivity contribution is -0.121. The summed E-state index contributed by atoms with van der Waals surface area (Å²) in [5, 5.41) is 7.82. The van der Waals surface area contributed by atoms with E-state index in [9.17, 15) is 9.35 Å². The molecule has 9 nitrogen and oxygen atoms in total. The Morgan fingerprint density at radius 3 is 2.27 bits per heavy atom. The van der Waals surface area contributed by atoms with Crippen molar-refractivity contribution in [1.29, 1.82) is 0 Å². The predicted octanol–water partition coefficient (Wildman–Crippen LogP) is 5.36. The molecule has 0 aliphatic heterocycles. The van der Waals surface area contributed by atoms with Gasteiger partial charge in [0.2, 0.25) is 0 Å². The molecule has 0 spiro atoms. The average molecular weight is 576 g/mol. The minimum atomic E-state index is -1.51. The van der Waals surface area contributed by atoms with Crippen LogP contribution in [0.4, 0.5) is 5.69 Å². The Hall–Kier alpha value is -3.70. The number of hydrogen-bond acceptors (Lipinski definition) is 6. The first-order chi connectivity index (χ1) is 19.0. The van der Waals surface area contributed by atoms with Crippen molar-refractivity contribution in [3.63, 3.8) is 0 Å². The van der Waals surface area contributed by atoms with E-state index in [1.807, 2.05) is 74.8 Å². The van der Waals surface area contributed by atoms with Crippen LogP contribution in [0.3, 0.4) is 0 Å². The molecule has 3 heterocycles. The van der Waals surface area contributed by atoms with Gasteiger partial charge >= 0.3 is 0 Å². The molecule has 11 heteroatoms. The zero-order chi connectivity index (χ0) is 28.7. The third kappa shape index (κ3) is 5.48. The zero-order valence-electron chi connectivity index (χ0n) is 22.8. The smallest absolute Gasteiger partial charge is 0.253 e. The first-order valence-corrected chi connectivity index (χ1v) is 14.2. The number of carbonyl (C=O) groups excluding carboxylic acids is 1. The fraction of sp³-hybridized carbons (Fsp3) is 0.241. The van der Waals surface area contributed by atoms with Gasteiger partial charge in [0.1, 0.15) is 22.5 Å². The van der Waals surface area contributed by atoms with Crippen molar-refractivity contribution in [1.82, 2.24) is 28.9 Å². The molecule has 0 saturated heterocycles. The molecule has 0 radical (unpaired) electrons. The van der Waals surface area contributed by atoms with Crippen molar-refractivity contribution in [2.75, 3.05) is 5.32 Å². The molecule has 2 aromatic carbocycles. The van der Waals surface area contributed by atoms with Gasteiger partial charge in [-0.05, 0) is 81.8 Å². The quantitative estimate of drug-likeness (QED) is 0.253. The van der Waals surface area contributed by atoms with Gasteiger partial charge in [-0.3, -0.25) is 13.9 Å². The molecule has 40 heavy (non-hydrogen) atoms. The summed E-state index contributed by atoms with van der Waals surface area (Å²) in [6, 6.07) is 18.3. The molecular weight excluding hydrogens is 546 g/mol. The number of aromatic nitrogens is 5. The lowest BCUT2D eigenvalue weighted by atomic mass is 9.92. The summed E-state index contributed by atoms with van der Waals surface area (Å²) in [5.41, 5.74) is 3.42. The normalized spacial score (nSPS) is 14.2. The van der Waals surface area contributed by atoms with Gasteiger partial charge < -0.3 is 9.87 Å². The molecule has 0 bridgehead atoms. The second kappa shape index (κ2) is 10.7. The van der Waals surface area contributed by atoms with Gasteiger partial charge in [0.05, 0.1) is 11.9 Å². The molecule has 0 saturated carbocycles. The van der Waals surface area contributed by atoms with Crippen LogP contribution in [0.15, 0.2) is 79.4 Å². The van der Waals surface area contributed by atoms with Crippen molar-refractivity contribution >= 4 is 40.2 Å². The number of benzene rings is 2. The van der Waals surface area contributed by atoms with Gasteiger partial charge in [0.15, 0.2) is 5.54 Å². The van der Waals surface area contributed by atoms with Gasteiger partial charge in [-0.15, -0.1) is 4.72 Å². The van der Waals surface area contributed by atoms with Gasteiger partial charge in [-0.1, -0.05) is 23.7 Å².